The maximum atomic E-state index is 11.9. The van der Waals surface area contributed by atoms with Crippen LogP contribution >= 0.6 is 0 Å². The third-order valence-electron chi connectivity index (χ3n) is 2.97. The smallest absolute Gasteiger partial charge is 0.303 e. The fourth-order valence-corrected chi connectivity index (χ4v) is 2.15. The van der Waals surface area contributed by atoms with Crippen LogP contribution < -0.4 is 5.32 Å². The maximum Gasteiger partial charge on any atom is 0.303 e. The highest BCUT2D eigenvalue weighted by Crippen LogP contribution is 2.17. The van der Waals surface area contributed by atoms with Gasteiger partial charge in [-0.2, -0.15) is 0 Å². The zero-order valence-electron chi connectivity index (χ0n) is 11.8. The molecule has 20 heavy (non-hydrogen) atoms. The molecular formula is C15H21NO4. The van der Waals surface area contributed by atoms with Gasteiger partial charge in [-0.25, -0.2) is 0 Å². The van der Waals surface area contributed by atoms with Crippen molar-refractivity contribution in [3.05, 3.63) is 29.8 Å². The number of carbonyl (C=O) groups is 2. The number of aliphatic carboxylic acids is 1. The van der Waals surface area contributed by atoms with E-state index in [2.05, 4.69) is 5.32 Å². The van der Waals surface area contributed by atoms with Gasteiger partial charge in [0.25, 0.3) is 5.91 Å². The normalized spacial score (nSPS) is 12.2. The lowest BCUT2D eigenvalue weighted by Gasteiger charge is -2.18. The number of para-hydroxylation sites is 1. The number of amides is 1. The number of aromatic hydroxyl groups is 1. The minimum absolute atomic E-state index is 0.0270. The predicted octanol–water partition coefficient (Wildman–Crippen LogP) is 2.26. The quantitative estimate of drug-likeness (QED) is 0.714. The molecule has 0 unspecified atom stereocenters. The van der Waals surface area contributed by atoms with Crippen molar-refractivity contribution < 1.29 is 19.8 Å². The Balaban J connectivity index is 2.60. The van der Waals surface area contributed by atoms with Crippen LogP contribution in [0.4, 0.5) is 0 Å². The number of carboxylic acids is 1. The van der Waals surface area contributed by atoms with Crippen LogP contribution in [0, 0.1) is 11.8 Å². The Hall–Kier alpha value is -2.04. The summed E-state index contributed by atoms with van der Waals surface area (Å²) in [6.07, 6.45) is 0.757. The van der Waals surface area contributed by atoms with Gasteiger partial charge in [0.15, 0.2) is 0 Å². The highest BCUT2D eigenvalue weighted by molar-refractivity contribution is 5.96. The number of hydrogen-bond acceptors (Lipinski definition) is 3. The molecular weight excluding hydrogens is 258 g/mol. The summed E-state index contributed by atoms with van der Waals surface area (Å²) < 4.78 is 0. The number of benzene rings is 1. The minimum Gasteiger partial charge on any atom is -0.507 e. The predicted molar refractivity (Wildman–Crippen MR) is 75.6 cm³/mol. The van der Waals surface area contributed by atoms with Crippen molar-refractivity contribution in [2.45, 2.75) is 26.7 Å². The number of carbonyl (C=O) groups excluding carboxylic acids is 1. The van der Waals surface area contributed by atoms with E-state index in [0.717, 1.165) is 6.42 Å². The number of hydrogen-bond donors (Lipinski definition) is 3. The molecule has 0 heterocycles. The van der Waals surface area contributed by atoms with Gasteiger partial charge in [-0.3, -0.25) is 9.59 Å². The second-order valence-corrected chi connectivity index (χ2v) is 5.32. The van der Waals surface area contributed by atoms with E-state index < -0.39 is 5.97 Å². The molecule has 1 rings (SSSR count). The van der Waals surface area contributed by atoms with Crippen LogP contribution in [0.5, 0.6) is 5.75 Å². The van der Waals surface area contributed by atoms with Gasteiger partial charge in [0.05, 0.1) is 5.56 Å². The molecule has 0 aromatic heterocycles. The van der Waals surface area contributed by atoms with Crippen molar-refractivity contribution in [2.24, 2.45) is 11.8 Å². The lowest BCUT2D eigenvalue weighted by atomic mass is 9.94. The topological polar surface area (TPSA) is 86.6 Å². The first-order valence-electron chi connectivity index (χ1n) is 6.68. The van der Waals surface area contributed by atoms with Crippen LogP contribution in [0.25, 0.3) is 0 Å². The van der Waals surface area contributed by atoms with Crippen LogP contribution in [-0.2, 0) is 4.79 Å². The summed E-state index contributed by atoms with van der Waals surface area (Å²) in [6.45, 7) is 4.32. The van der Waals surface area contributed by atoms with Gasteiger partial charge < -0.3 is 15.5 Å². The summed E-state index contributed by atoms with van der Waals surface area (Å²) in [5.41, 5.74) is 0.200. The molecule has 1 atom stereocenters. The SMILES string of the molecule is CC(C)C[C@H](CNC(=O)c1ccccc1O)CC(=O)O. The first-order valence-corrected chi connectivity index (χ1v) is 6.68. The number of carboxylic acid groups (broad SMARTS) is 1. The highest BCUT2D eigenvalue weighted by Gasteiger charge is 2.17. The molecule has 0 aliphatic rings. The Kier molecular flexibility index (Phi) is 6.03. The zero-order valence-corrected chi connectivity index (χ0v) is 11.8. The Morgan fingerprint density at radius 1 is 1.25 bits per heavy atom. The van der Waals surface area contributed by atoms with Gasteiger partial charge in [-0.05, 0) is 30.4 Å². The van der Waals surface area contributed by atoms with Crippen molar-refractivity contribution in [1.82, 2.24) is 5.32 Å². The Morgan fingerprint density at radius 3 is 2.45 bits per heavy atom. The number of nitrogens with one attached hydrogen (secondary N) is 1. The van der Waals surface area contributed by atoms with Crippen LogP contribution in [0.2, 0.25) is 0 Å². The average Bonchev–Trinajstić information content (AvgIpc) is 2.34. The van der Waals surface area contributed by atoms with Crippen LogP contribution in [-0.4, -0.2) is 28.6 Å². The summed E-state index contributed by atoms with van der Waals surface area (Å²) in [5.74, 6) is -1.08. The lowest BCUT2D eigenvalue weighted by molar-refractivity contribution is -0.138. The Labute approximate surface area is 118 Å². The maximum absolute atomic E-state index is 11.9. The molecule has 0 bridgehead atoms. The van der Waals surface area contributed by atoms with Crippen LogP contribution in [0.15, 0.2) is 24.3 Å². The molecule has 0 spiro atoms. The molecule has 1 aromatic rings. The summed E-state index contributed by atoms with van der Waals surface area (Å²) in [7, 11) is 0. The minimum atomic E-state index is -0.868. The summed E-state index contributed by atoms with van der Waals surface area (Å²) in [6, 6.07) is 6.27. The van der Waals surface area contributed by atoms with Gasteiger partial charge in [0.2, 0.25) is 0 Å². The van der Waals surface area contributed by atoms with E-state index in [0.29, 0.717) is 5.92 Å². The molecule has 0 saturated heterocycles. The van der Waals surface area contributed by atoms with Crippen molar-refractivity contribution in [3.8, 4) is 5.75 Å². The second-order valence-electron chi connectivity index (χ2n) is 5.32. The van der Waals surface area contributed by atoms with Gasteiger partial charge in [0.1, 0.15) is 5.75 Å². The molecule has 0 aliphatic heterocycles. The first kappa shape index (κ1) is 16.0. The molecule has 1 amide bonds. The standard InChI is InChI=1S/C15H21NO4/c1-10(2)7-11(8-14(18)19)9-16-15(20)12-5-3-4-6-13(12)17/h3-6,10-11,17H,7-9H2,1-2H3,(H,16,20)(H,18,19)/t11-/m0/s1. The van der Waals surface area contributed by atoms with Gasteiger partial charge >= 0.3 is 5.97 Å². The highest BCUT2D eigenvalue weighted by atomic mass is 16.4. The monoisotopic (exact) mass is 279 g/mol. The fraction of sp³-hybridized carbons (Fsp3) is 0.467. The van der Waals surface area contributed by atoms with Gasteiger partial charge in [0, 0.05) is 13.0 Å². The molecule has 0 fully saturated rings. The first-order chi connectivity index (χ1) is 9.40. The molecule has 110 valence electrons. The molecule has 0 saturated carbocycles. The van der Waals surface area contributed by atoms with E-state index in [4.69, 9.17) is 5.11 Å². The van der Waals surface area contributed by atoms with E-state index in [9.17, 15) is 14.7 Å². The second kappa shape index (κ2) is 7.53. The van der Waals surface area contributed by atoms with Crippen molar-refractivity contribution >= 4 is 11.9 Å². The Bertz CT molecular complexity index is 471. The third-order valence-corrected chi connectivity index (χ3v) is 2.97. The molecule has 0 aliphatic carbocycles. The number of phenols is 1. The summed E-state index contributed by atoms with van der Waals surface area (Å²) in [5, 5.41) is 21.1. The molecule has 3 N–H and O–H groups in total. The summed E-state index contributed by atoms with van der Waals surface area (Å²) in [4.78, 5) is 22.7. The zero-order chi connectivity index (χ0) is 15.1. The number of rotatable bonds is 7. The largest absolute Gasteiger partial charge is 0.507 e. The fourth-order valence-electron chi connectivity index (χ4n) is 2.15. The van der Waals surface area contributed by atoms with E-state index in [1.165, 1.54) is 12.1 Å². The van der Waals surface area contributed by atoms with Gasteiger partial charge in [-0.1, -0.05) is 26.0 Å². The molecule has 5 heteroatoms. The molecule has 1 aromatic carbocycles. The van der Waals surface area contributed by atoms with Crippen LogP contribution in [0.3, 0.4) is 0 Å². The lowest BCUT2D eigenvalue weighted by Crippen LogP contribution is -2.31. The molecule has 5 nitrogen and oxygen atoms in total. The van der Waals surface area contributed by atoms with Crippen LogP contribution in [0.1, 0.15) is 37.0 Å². The van der Waals surface area contributed by atoms with E-state index in [-0.39, 0.29) is 36.1 Å². The van der Waals surface area contributed by atoms with Crippen molar-refractivity contribution in [3.63, 3.8) is 0 Å². The van der Waals surface area contributed by atoms with E-state index in [1.807, 2.05) is 13.8 Å². The van der Waals surface area contributed by atoms with Crippen molar-refractivity contribution in [2.75, 3.05) is 6.54 Å². The Morgan fingerprint density at radius 2 is 1.90 bits per heavy atom. The van der Waals surface area contributed by atoms with Crippen molar-refractivity contribution in [1.29, 1.82) is 0 Å². The average molecular weight is 279 g/mol. The van der Waals surface area contributed by atoms with E-state index in [1.54, 1.807) is 12.1 Å². The molecule has 0 radical (unpaired) electrons. The summed E-state index contributed by atoms with van der Waals surface area (Å²) >= 11 is 0. The van der Waals surface area contributed by atoms with Gasteiger partial charge in [-0.15, -0.1) is 0 Å². The third kappa shape index (κ3) is 5.30. The number of phenolic OH excluding ortho intramolecular Hbond substituents is 1. The van der Waals surface area contributed by atoms with E-state index >= 15 is 0 Å².